The van der Waals surface area contributed by atoms with Crippen LogP contribution >= 0.6 is 15.9 Å². The number of halogens is 1. The summed E-state index contributed by atoms with van der Waals surface area (Å²) >= 11 is 3.48. The van der Waals surface area contributed by atoms with E-state index in [9.17, 15) is 4.79 Å². The zero-order valence-electron chi connectivity index (χ0n) is 15.4. The molecular weight excluding hydrogens is 404 g/mol. The zero-order chi connectivity index (χ0) is 19.2. The summed E-state index contributed by atoms with van der Waals surface area (Å²) in [5, 5.41) is 9.02. The maximum absolute atomic E-state index is 11.6. The molecule has 0 saturated heterocycles. The number of fused-ring (bicyclic) bond motifs is 1. The van der Waals surface area contributed by atoms with Crippen LogP contribution in [0.25, 0.3) is 0 Å². The highest BCUT2D eigenvalue weighted by Crippen LogP contribution is 2.39. The van der Waals surface area contributed by atoms with Crippen LogP contribution in [0, 0.1) is 0 Å². The minimum atomic E-state index is -0.506. The van der Waals surface area contributed by atoms with Crippen molar-refractivity contribution >= 4 is 28.0 Å². The molecule has 1 aliphatic heterocycles. The fourth-order valence-electron chi connectivity index (χ4n) is 2.19. The first-order chi connectivity index (χ1) is 12.3. The molecule has 26 heavy (non-hydrogen) atoms. The normalized spacial score (nSPS) is 13.3. The van der Waals surface area contributed by atoms with Crippen molar-refractivity contribution in [3.05, 3.63) is 22.2 Å². The number of rotatable bonds is 5. The van der Waals surface area contributed by atoms with Gasteiger partial charge in [0.2, 0.25) is 6.79 Å². The van der Waals surface area contributed by atoms with Gasteiger partial charge in [-0.3, -0.25) is 4.99 Å². The molecule has 0 aromatic heterocycles. The highest BCUT2D eigenvalue weighted by Gasteiger charge is 2.18. The summed E-state index contributed by atoms with van der Waals surface area (Å²) in [4.78, 5) is 15.7. The third-order valence-electron chi connectivity index (χ3n) is 3.26. The molecule has 1 aromatic carbocycles. The molecular formula is C17H25BrN4O4. The number of amides is 1. The molecule has 0 atom stereocenters. The van der Waals surface area contributed by atoms with E-state index in [1.807, 2.05) is 32.9 Å². The van der Waals surface area contributed by atoms with Crippen LogP contribution in [0.5, 0.6) is 11.5 Å². The van der Waals surface area contributed by atoms with Gasteiger partial charge < -0.3 is 30.2 Å². The molecule has 2 rings (SSSR count). The van der Waals surface area contributed by atoms with E-state index in [-0.39, 0.29) is 6.79 Å². The maximum atomic E-state index is 11.6. The molecule has 1 heterocycles. The molecule has 1 aromatic rings. The Morgan fingerprint density at radius 1 is 1.23 bits per heavy atom. The minimum Gasteiger partial charge on any atom is -0.454 e. The van der Waals surface area contributed by atoms with Crippen LogP contribution in [0.15, 0.2) is 21.6 Å². The van der Waals surface area contributed by atoms with Crippen molar-refractivity contribution in [2.45, 2.75) is 32.9 Å². The average Bonchev–Trinajstić information content (AvgIpc) is 3.01. The van der Waals surface area contributed by atoms with Gasteiger partial charge in [-0.1, -0.05) is 0 Å². The summed E-state index contributed by atoms with van der Waals surface area (Å²) in [6.45, 7) is 7.21. The van der Waals surface area contributed by atoms with E-state index in [0.29, 0.717) is 25.6 Å². The van der Waals surface area contributed by atoms with Gasteiger partial charge in [-0.15, -0.1) is 0 Å². The van der Waals surface area contributed by atoms with Gasteiger partial charge in [0.1, 0.15) is 5.60 Å². The molecule has 0 spiro atoms. The topological polar surface area (TPSA) is 93.2 Å². The number of ether oxygens (including phenoxy) is 3. The fourth-order valence-corrected chi connectivity index (χ4v) is 2.79. The van der Waals surface area contributed by atoms with Crippen molar-refractivity contribution in [2.75, 3.05) is 26.9 Å². The number of carbonyl (C=O) groups is 1. The third-order valence-corrected chi connectivity index (χ3v) is 3.85. The van der Waals surface area contributed by atoms with Crippen LogP contribution in [0.2, 0.25) is 0 Å². The van der Waals surface area contributed by atoms with E-state index in [0.717, 1.165) is 21.5 Å². The molecule has 0 unspecified atom stereocenters. The van der Waals surface area contributed by atoms with Crippen LogP contribution < -0.4 is 25.4 Å². The van der Waals surface area contributed by atoms with Gasteiger partial charge in [0, 0.05) is 26.7 Å². The summed E-state index contributed by atoms with van der Waals surface area (Å²) in [6.07, 6.45) is -0.438. The Bertz CT molecular complexity index is 673. The van der Waals surface area contributed by atoms with E-state index in [4.69, 9.17) is 14.2 Å². The van der Waals surface area contributed by atoms with Gasteiger partial charge in [-0.25, -0.2) is 4.79 Å². The maximum Gasteiger partial charge on any atom is 0.407 e. The number of benzene rings is 1. The van der Waals surface area contributed by atoms with Gasteiger partial charge in [-0.05, 0) is 54.4 Å². The predicted molar refractivity (Wildman–Crippen MR) is 103 cm³/mol. The van der Waals surface area contributed by atoms with Crippen molar-refractivity contribution in [1.29, 1.82) is 0 Å². The second kappa shape index (κ2) is 8.98. The average molecular weight is 429 g/mol. The standard InChI is InChI=1S/C17H25BrN4O4/c1-17(2,3)26-16(23)21-6-5-20-15(19-4)22-9-11-7-12(18)14-13(8-11)24-10-25-14/h7-8H,5-6,9-10H2,1-4H3,(H,21,23)(H2,19,20,22). The Balaban J connectivity index is 1.73. The quantitative estimate of drug-likeness (QED) is 0.378. The van der Waals surface area contributed by atoms with Crippen molar-refractivity contribution in [3.63, 3.8) is 0 Å². The van der Waals surface area contributed by atoms with Gasteiger partial charge in [0.05, 0.1) is 4.47 Å². The molecule has 0 saturated carbocycles. The van der Waals surface area contributed by atoms with Gasteiger partial charge >= 0.3 is 6.09 Å². The SMILES string of the molecule is CN=C(NCCNC(=O)OC(C)(C)C)NCc1cc(Br)c2c(c1)OCO2. The summed E-state index contributed by atoms with van der Waals surface area (Å²) in [5.41, 5.74) is 0.518. The third kappa shape index (κ3) is 6.29. The predicted octanol–water partition coefficient (Wildman–Crippen LogP) is 2.37. The molecule has 3 N–H and O–H groups in total. The molecule has 0 fully saturated rings. The van der Waals surface area contributed by atoms with Gasteiger partial charge in [0.25, 0.3) is 0 Å². The Hall–Kier alpha value is -2.16. The monoisotopic (exact) mass is 428 g/mol. The van der Waals surface area contributed by atoms with Crippen LogP contribution in [-0.4, -0.2) is 44.6 Å². The molecule has 1 aliphatic rings. The summed E-state index contributed by atoms with van der Waals surface area (Å²) in [7, 11) is 1.69. The van der Waals surface area contributed by atoms with Crippen molar-refractivity contribution < 1.29 is 19.0 Å². The number of carbonyl (C=O) groups excluding carboxylic acids is 1. The molecule has 9 heteroatoms. The molecule has 8 nitrogen and oxygen atoms in total. The summed E-state index contributed by atoms with van der Waals surface area (Å²) in [6, 6.07) is 3.90. The Labute approximate surface area is 161 Å². The number of hydrogen-bond donors (Lipinski definition) is 3. The van der Waals surface area contributed by atoms with Crippen molar-refractivity contribution in [1.82, 2.24) is 16.0 Å². The van der Waals surface area contributed by atoms with Crippen LogP contribution in [0.4, 0.5) is 4.79 Å². The fraction of sp³-hybridized carbons (Fsp3) is 0.529. The van der Waals surface area contributed by atoms with Crippen LogP contribution in [0.3, 0.4) is 0 Å². The lowest BCUT2D eigenvalue weighted by atomic mass is 10.2. The zero-order valence-corrected chi connectivity index (χ0v) is 17.0. The second-order valence-electron chi connectivity index (χ2n) is 6.59. The molecule has 0 aliphatic carbocycles. The molecule has 0 radical (unpaired) electrons. The van der Waals surface area contributed by atoms with E-state index < -0.39 is 11.7 Å². The lowest BCUT2D eigenvalue weighted by Crippen LogP contribution is -2.42. The van der Waals surface area contributed by atoms with Gasteiger partial charge in [-0.2, -0.15) is 0 Å². The number of nitrogens with zero attached hydrogens (tertiary/aromatic N) is 1. The first kappa shape index (κ1) is 20.2. The lowest BCUT2D eigenvalue weighted by molar-refractivity contribution is 0.0529. The Morgan fingerprint density at radius 2 is 1.96 bits per heavy atom. The summed E-state index contributed by atoms with van der Waals surface area (Å²) < 4.78 is 16.8. The number of aliphatic imine (C=N–C) groups is 1. The Kier molecular flexibility index (Phi) is 6.96. The van der Waals surface area contributed by atoms with E-state index in [1.54, 1.807) is 7.05 Å². The number of guanidine groups is 1. The number of nitrogens with one attached hydrogen (secondary N) is 3. The smallest absolute Gasteiger partial charge is 0.407 e. The van der Waals surface area contributed by atoms with E-state index in [2.05, 4.69) is 36.9 Å². The first-order valence-corrected chi connectivity index (χ1v) is 9.07. The van der Waals surface area contributed by atoms with Crippen LogP contribution in [-0.2, 0) is 11.3 Å². The van der Waals surface area contributed by atoms with Crippen molar-refractivity contribution in [3.8, 4) is 11.5 Å². The number of alkyl carbamates (subject to hydrolysis) is 1. The first-order valence-electron chi connectivity index (χ1n) is 8.28. The Morgan fingerprint density at radius 3 is 2.65 bits per heavy atom. The largest absolute Gasteiger partial charge is 0.454 e. The van der Waals surface area contributed by atoms with E-state index in [1.165, 1.54) is 0 Å². The second-order valence-corrected chi connectivity index (χ2v) is 7.45. The number of hydrogen-bond acceptors (Lipinski definition) is 5. The highest BCUT2D eigenvalue weighted by atomic mass is 79.9. The lowest BCUT2D eigenvalue weighted by Gasteiger charge is -2.20. The van der Waals surface area contributed by atoms with Crippen LogP contribution in [0.1, 0.15) is 26.3 Å². The molecule has 144 valence electrons. The molecule has 0 bridgehead atoms. The van der Waals surface area contributed by atoms with Gasteiger partial charge in [0.15, 0.2) is 17.5 Å². The minimum absolute atomic E-state index is 0.235. The molecule has 1 amide bonds. The summed E-state index contributed by atoms with van der Waals surface area (Å²) in [5.74, 6) is 2.08. The highest BCUT2D eigenvalue weighted by molar-refractivity contribution is 9.10. The van der Waals surface area contributed by atoms with E-state index >= 15 is 0 Å². The van der Waals surface area contributed by atoms with Crippen molar-refractivity contribution in [2.24, 2.45) is 4.99 Å².